The quantitative estimate of drug-likeness (QED) is 0.567. The Morgan fingerprint density at radius 1 is 0.935 bits per heavy atom. The highest BCUT2D eigenvalue weighted by Crippen LogP contribution is 2.65. The Labute approximate surface area is 186 Å². The van der Waals surface area contributed by atoms with Gasteiger partial charge in [0.25, 0.3) is 0 Å². The summed E-state index contributed by atoms with van der Waals surface area (Å²) in [6.07, 6.45) is 11.0. The first kappa shape index (κ1) is 20.7. The zero-order valence-corrected chi connectivity index (χ0v) is 19.4. The standard InChI is InChI=1S/C28H35NO2/c1-27-13-11-22(30)17-20(27)7-10-23-24(27)12-14-28(2)25(23)16-19(26(28)31)15-18-5-8-21(9-6-18)29(3)4/h5-6,8-9,15,17,23-25H,7,10-14,16H2,1-4H3/b19-15-/t23-,24+,25+,27+,28+/m1/s1. The van der Waals surface area contributed by atoms with Gasteiger partial charge in [-0.3, -0.25) is 9.59 Å². The van der Waals surface area contributed by atoms with E-state index < -0.39 is 0 Å². The van der Waals surface area contributed by atoms with Crippen LogP contribution in [-0.4, -0.2) is 25.7 Å². The highest BCUT2D eigenvalue weighted by Gasteiger charge is 2.60. The van der Waals surface area contributed by atoms with Crippen LogP contribution in [0.3, 0.4) is 0 Å². The van der Waals surface area contributed by atoms with Gasteiger partial charge in [-0.1, -0.05) is 31.6 Å². The fourth-order valence-corrected chi connectivity index (χ4v) is 7.43. The molecule has 164 valence electrons. The van der Waals surface area contributed by atoms with Crippen LogP contribution in [0.4, 0.5) is 5.69 Å². The van der Waals surface area contributed by atoms with Crippen molar-refractivity contribution in [2.45, 2.75) is 58.8 Å². The van der Waals surface area contributed by atoms with Crippen LogP contribution < -0.4 is 4.90 Å². The summed E-state index contributed by atoms with van der Waals surface area (Å²) in [5.74, 6) is 2.36. The Morgan fingerprint density at radius 2 is 1.68 bits per heavy atom. The van der Waals surface area contributed by atoms with Gasteiger partial charge in [-0.25, -0.2) is 0 Å². The molecule has 5 rings (SSSR count). The Hall–Kier alpha value is -2.16. The smallest absolute Gasteiger partial charge is 0.165 e. The van der Waals surface area contributed by atoms with E-state index >= 15 is 0 Å². The zero-order chi connectivity index (χ0) is 22.0. The molecule has 0 amide bonds. The maximum absolute atomic E-state index is 13.6. The van der Waals surface area contributed by atoms with Crippen LogP contribution in [0, 0.1) is 28.6 Å². The van der Waals surface area contributed by atoms with Crippen LogP contribution in [0.5, 0.6) is 0 Å². The molecule has 3 heteroatoms. The fraction of sp³-hybridized carbons (Fsp3) is 0.571. The van der Waals surface area contributed by atoms with Crippen LogP contribution in [0.25, 0.3) is 6.08 Å². The van der Waals surface area contributed by atoms with E-state index in [9.17, 15) is 9.59 Å². The molecule has 1 aromatic carbocycles. The van der Waals surface area contributed by atoms with Crippen molar-refractivity contribution in [3.63, 3.8) is 0 Å². The number of allylic oxidation sites excluding steroid dienone is 2. The number of fused-ring (bicyclic) bond motifs is 5. The fourth-order valence-electron chi connectivity index (χ4n) is 7.43. The van der Waals surface area contributed by atoms with E-state index in [-0.39, 0.29) is 10.8 Å². The van der Waals surface area contributed by atoms with Crippen molar-refractivity contribution in [1.29, 1.82) is 0 Å². The summed E-state index contributed by atoms with van der Waals surface area (Å²) in [6, 6.07) is 8.49. The van der Waals surface area contributed by atoms with Gasteiger partial charge in [-0.05, 0) is 97.1 Å². The van der Waals surface area contributed by atoms with Gasteiger partial charge in [-0.2, -0.15) is 0 Å². The number of anilines is 1. The Bertz CT molecular complexity index is 985. The zero-order valence-electron chi connectivity index (χ0n) is 19.4. The molecule has 0 radical (unpaired) electrons. The third kappa shape index (κ3) is 3.15. The second kappa shape index (κ2) is 7.18. The first-order chi connectivity index (χ1) is 14.7. The molecule has 3 fully saturated rings. The summed E-state index contributed by atoms with van der Waals surface area (Å²) in [5, 5.41) is 0. The minimum atomic E-state index is -0.210. The summed E-state index contributed by atoms with van der Waals surface area (Å²) in [5.41, 5.74) is 4.67. The van der Waals surface area contributed by atoms with Crippen molar-refractivity contribution in [1.82, 2.24) is 0 Å². The number of rotatable bonds is 2. The lowest BCUT2D eigenvalue weighted by molar-refractivity contribution is -0.130. The van der Waals surface area contributed by atoms with Crippen LogP contribution in [0.2, 0.25) is 0 Å². The average molecular weight is 418 g/mol. The van der Waals surface area contributed by atoms with E-state index in [2.05, 4.69) is 49.1 Å². The van der Waals surface area contributed by atoms with Crippen LogP contribution in [-0.2, 0) is 9.59 Å². The molecule has 0 unspecified atom stereocenters. The van der Waals surface area contributed by atoms with E-state index in [1.165, 1.54) is 11.3 Å². The van der Waals surface area contributed by atoms with Gasteiger partial charge in [0.15, 0.2) is 11.6 Å². The third-order valence-corrected chi connectivity index (χ3v) is 9.35. The van der Waals surface area contributed by atoms with E-state index in [0.29, 0.717) is 35.7 Å². The van der Waals surface area contributed by atoms with Crippen molar-refractivity contribution in [3.05, 3.63) is 47.1 Å². The number of Topliss-reactive ketones (excluding diaryl/α,β-unsaturated/α-hetero) is 1. The van der Waals surface area contributed by atoms with E-state index in [0.717, 1.165) is 49.7 Å². The lowest BCUT2D eigenvalue weighted by Crippen LogP contribution is -2.50. The molecule has 3 nitrogen and oxygen atoms in total. The number of hydrogen-bond acceptors (Lipinski definition) is 3. The largest absolute Gasteiger partial charge is 0.378 e. The molecule has 4 aliphatic carbocycles. The normalized spacial score (nSPS) is 38.4. The van der Waals surface area contributed by atoms with E-state index in [1.807, 2.05) is 20.2 Å². The topological polar surface area (TPSA) is 37.4 Å². The van der Waals surface area contributed by atoms with Gasteiger partial charge >= 0.3 is 0 Å². The van der Waals surface area contributed by atoms with Gasteiger partial charge in [0, 0.05) is 31.6 Å². The Balaban J connectivity index is 1.44. The number of carbonyl (C=O) groups excluding carboxylic acids is 2. The summed E-state index contributed by atoms with van der Waals surface area (Å²) in [7, 11) is 4.09. The predicted molar refractivity (Wildman–Crippen MR) is 126 cm³/mol. The molecule has 0 heterocycles. The van der Waals surface area contributed by atoms with E-state index in [4.69, 9.17) is 0 Å². The molecular formula is C28H35NO2. The summed E-state index contributed by atoms with van der Waals surface area (Å²) in [6.45, 7) is 4.65. The molecule has 0 N–H and O–H groups in total. The molecule has 0 saturated heterocycles. The summed E-state index contributed by atoms with van der Waals surface area (Å²) in [4.78, 5) is 27.7. The van der Waals surface area contributed by atoms with Crippen LogP contribution in [0.15, 0.2) is 41.5 Å². The molecular weight excluding hydrogens is 382 g/mol. The van der Waals surface area contributed by atoms with Gasteiger partial charge in [0.1, 0.15) is 0 Å². The lowest BCUT2D eigenvalue weighted by atomic mass is 9.47. The minimum absolute atomic E-state index is 0.162. The van der Waals surface area contributed by atoms with Crippen LogP contribution in [0.1, 0.15) is 64.4 Å². The Kier molecular flexibility index (Phi) is 4.80. The van der Waals surface area contributed by atoms with Gasteiger partial charge < -0.3 is 4.90 Å². The highest BCUT2D eigenvalue weighted by molar-refractivity contribution is 6.06. The van der Waals surface area contributed by atoms with Crippen molar-refractivity contribution in [2.24, 2.45) is 28.6 Å². The van der Waals surface area contributed by atoms with Crippen molar-refractivity contribution >= 4 is 23.3 Å². The molecule has 0 aromatic heterocycles. The molecule has 31 heavy (non-hydrogen) atoms. The number of benzene rings is 1. The number of carbonyl (C=O) groups is 2. The molecule has 0 bridgehead atoms. The Morgan fingerprint density at radius 3 is 2.39 bits per heavy atom. The van der Waals surface area contributed by atoms with E-state index in [1.54, 1.807) is 0 Å². The number of hydrogen-bond donors (Lipinski definition) is 0. The second-order valence-corrected chi connectivity index (χ2v) is 11.1. The molecule has 3 saturated carbocycles. The second-order valence-electron chi connectivity index (χ2n) is 11.1. The maximum atomic E-state index is 13.6. The van der Waals surface area contributed by atoms with Gasteiger partial charge in [0.2, 0.25) is 0 Å². The lowest BCUT2D eigenvalue weighted by Gasteiger charge is -2.56. The SMILES string of the molecule is CN(C)c1ccc(/C=C2/C[C@H]3[C@@H]4CCC5=CC(=O)CC[C@]5(C)[C@H]4CC[C@]3(C)C2=O)cc1. The molecule has 5 atom stereocenters. The van der Waals surface area contributed by atoms with Gasteiger partial charge in [-0.15, -0.1) is 0 Å². The summed E-state index contributed by atoms with van der Waals surface area (Å²) < 4.78 is 0. The summed E-state index contributed by atoms with van der Waals surface area (Å²) >= 11 is 0. The number of nitrogens with zero attached hydrogens (tertiary/aromatic N) is 1. The average Bonchev–Trinajstić information content (AvgIpc) is 2.99. The van der Waals surface area contributed by atoms with Crippen molar-refractivity contribution in [2.75, 3.05) is 19.0 Å². The third-order valence-electron chi connectivity index (χ3n) is 9.35. The first-order valence-electron chi connectivity index (χ1n) is 12.0. The highest BCUT2D eigenvalue weighted by atomic mass is 16.1. The molecule has 0 aliphatic heterocycles. The van der Waals surface area contributed by atoms with Gasteiger partial charge in [0.05, 0.1) is 0 Å². The van der Waals surface area contributed by atoms with Crippen molar-refractivity contribution in [3.8, 4) is 0 Å². The predicted octanol–water partition coefficient (Wildman–Crippen LogP) is 5.85. The monoisotopic (exact) mass is 417 g/mol. The molecule has 0 spiro atoms. The number of ketones is 2. The first-order valence-corrected chi connectivity index (χ1v) is 12.0. The van der Waals surface area contributed by atoms with Crippen molar-refractivity contribution < 1.29 is 9.59 Å². The maximum Gasteiger partial charge on any atom is 0.165 e. The molecule has 4 aliphatic rings. The minimum Gasteiger partial charge on any atom is -0.378 e. The van der Waals surface area contributed by atoms with Crippen LogP contribution >= 0.6 is 0 Å². The molecule has 1 aromatic rings.